The molecular formula is C12H12ClNO4. The fourth-order valence-corrected chi connectivity index (χ4v) is 2.04. The molecule has 1 aliphatic rings. The number of nitrogens with zero attached hydrogens (tertiary/aromatic N) is 1. The second-order valence-corrected chi connectivity index (χ2v) is 4.39. The van der Waals surface area contributed by atoms with Gasteiger partial charge in [-0.2, -0.15) is 0 Å². The Morgan fingerprint density at radius 1 is 1.50 bits per heavy atom. The first kappa shape index (κ1) is 12.7. The Bertz CT molecular complexity index is 529. The Morgan fingerprint density at radius 3 is 2.78 bits per heavy atom. The van der Waals surface area contributed by atoms with Gasteiger partial charge in [-0.3, -0.25) is 4.79 Å². The molecule has 0 radical (unpaired) electrons. The van der Waals surface area contributed by atoms with Gasteiger partial charge in [0.2, 0.25) is 0 Å². The summed E-state index contributed by atoms with van der Waals surface area (Å²) in [6, 6.07) is 3.04. The van der Waals surface area contributed by atoms with Crippen molar-refractivity contribution in [3.8, 4) is 5.75 Å². The number of carbonyl (C=O) groups excluding carboxylic acids is 2. The second kappa shape index (κ2) is 4.49. The number of likely N-dealkylation sites (N-methyl/N-ethyl adjacent to an activating group) is 1. The van der Waals surface area contributed by atoms with Crippen molar-refractivity contribution < 1.29 is 19.1 Å². The minimum absolute atomic E-state index is 0.194. The summed E-state index contributed by atoms with van der Waals surface area (Å²) in [5, 5.41) is 0.340. The molecule has 1 aromatic carbocycles. The first-order chi connectivity index (χ1) is 8.45. The molecule has 0 saturated carbocycles. The van der Waals surface area contributed by atoms with E-state index in [-0.39, 0.29) is 11.5 Å². The average Bonchev–Trinajstić information content (AvgIpc) is 2.35. The van der Waals surface area contributed by atoms with E-state index in [0.29, 0.717) is 16.5 Å². The van der Waals surface area contributed by atoms with E-state index >= 15 is 0 Å². The van der Waals surface area contributed by atoms with Gasteiger partial charge in [0.15, 0.2) is 11.9 Å². The van der Waals surface area contributed by atoms with Crippen molar-refractivity contribution in [2.75, 3.05) is 19.1 Å². The quantitative estimate of drug-likeness (QED) is 0.731. The number of esters is 1. The number of methoxy groups -OCH3 is 1. The first-order valence-electron chi connectivity index (χ1n) is 5.31. The summed E-state index contributed by atoms with van der Waals surface area (Å²) >= 11 is 5.93. The number of hydrogen-bond donors (Lipinski definition) is 0. The normalized spacial score (nSPS) is 18.1. The Morgan fingerprint density at radius 2 is 2.17 bits per heavy atom. The molecule has 1 amide bonds. The molecule has 1 heterocycles. The van der Waals surface area contributed by atoms with E-state index in [9.17, 15) is 9.59 Å². The zero-order chi connectivity index (χ0) is 13.4. The summed E-state index contributed by atoms with van der Waals surface area (Å²) < 4.78 is 10.1. The van der Waals surface area contributed by atoms with Gasteiger partial charge in [-0.1, -0.05) is 11.6 Å². The molecule has 0 aliphatic carbocycles. The maximum atomic E-state index is 11.8. The summed E-state index contributed by atoms with van der Waals surface area (Å²) in [5.74, 6) is -0.426. The highest BCUT2D eigenvalue weighted by molar-refractivity contribution is 6.31. The molecule has 0 bridgehead atoms. The van der Waals surface area contributed by atoms with Gasteiger partial charge >= 0.3 is 5.97 Å². The van der Waals surface area contributed by atoms with Crippen LogP contribution in [-0.2, 0) is 9.53 Å². The molecule has 2 rings (SSSR count). The molecule has 1 aliphatic heterocycles. The number of hydrogen-bond acceptors (Lipinski definition) is 4. The van der Waals surface area contributed by atoms with Crippen LogP contribution in [0.25, 0.3) is 0 Å². The van der Waals surface area contributed by atoms with Crippen LogP contribution < -0.4 is 9.64 Å². The Labute approximate surface area is 109 Å². The topological polar surface area (TPSA) is 55.8 Å². The lowest BCUT2D eigenvalue weighted by molar-refractivity contribution is -0.125. The fraction of sp³-hybridized carbons (Fsp3) is 0.333. The highest BCUT2D eigenvalue weighted by atomic mass is 35.5. The van der Waals surface area contributed by atoms with E-state index in [0.717, 1.165) is 0 Å². The van der Waals surface area contributed by atoms with Crippen LogP contribution in [0.5, 0.6) is 5.75 Å². The monoisotopic (exact) mass is 269 g/mol. The van der Waals surface area contributed by atoms with Crippen LogP contribution in [0.4, 0.5) is 5.69 Å². The lowest BCUT2D eigenvalue weighted by Gasteiger charge is -2.31. The predicted molar refractivity (Wildman–Crippen MR) is 66.3 cm³/mol. The molecule has 0 fully saturated rings. The third kappa shape index (κ3) is 1.90. The van der Waals surface area contributed by atoms with Gasteiger partial charge in [-0.25, -0.2) is 4.79 Å². The summed E-state index contributed by atoms with van der Waals surface area (Å²) in [7, 11) is 2.88. The molecular weight excluding hydrogens is 258 g/mol. The smallest absolute Gasteiger partial charge is 0.341 e. The van der Waals surface area contributed by atoms with Crippen molar-refractivity contribution in [1.82, 2.24) is 0 Å². The van der Waals surface area contributed by atoms with Crippen LogP contribution in [0.1, 0.15) is 17.3 Å². The largest absolute Gasteiger partial charge is 0.478 e. The number of halogens is 1. The molecule has 0 aromatic heterocycles. The van der Waals surface area contributed by atoms with Crippen LogP contribution in [0, 0.1) is 0 Å². The summed E-state index contributed by atoms with van der Waals surface area (Å²) in [4.78, 5) is 24.9. The van der Waals surface area contributed by atoms with Crippen LogP contribution in [0.2, 0.25) is 5.02 Å². The second-order valence-electron chi connectivity index (χ2n) is 3.95. The van der Waals surface area contributed by atoms with Crippen molar-refractivity contribution in [3.05, 3.63) is 22.7 Å². The van der Waals surface area contributed by atoms with Gasteiger partial charge in [0.1, 0.15) is 5.56 Å². The highest BCUT2D eigenvalue weighted by Gasteiger charge is 2.32. The van der Waals surface area contributed by atoms with E-state index in [1.807, 2.05) is 0 Å². The predicted octanol–water partition coefficient (Wildman–Crippen LogP) is 1.87. The van der Waals surface area contributed by atoms with Gasteiger partial charge in [0, 0.05) is 12.1 Å². The van der Waals surface area contributed by atoms with Gasteiger partial charge in [0.05, 0.1) is 12.8 Å². The molecule has 1 unspecified atom stereocenters. The van der Waals surface area contributed by atoms with Crippen molar-refractivity contribution in [2.45, 2.75) is 13.0 Å². The van der Waals surface area contributed by atoms with Crippen LogP contribution in [0.3, 0.4) is 0 Å². The van der Waals surface area contributed by atoms with E-state index in [1.165, 1.54) is 18.1 Å². The summed E-state index contributed by atoms with van der Waals surface area (Å²) in [6.45, 7) is 1.62. The van der Waals surface area contributed by atoms with Gasteiger partial charge in [-0.15, -0.1) is 0 Å². The lowest BCUT2D eigenvalue weighted by atomic mass is 10.1. The number of rotatable bonds is 1. The molecule has 0 spiro atoms. The zero-order valence-corrected chi connectivity index (χ0v) is 10.9. The number of benzene rings is 1. The number of anilines is 1. The lowest BCUT2D eigenvalue weighted by Crippen LogP contribution is -2.42. The third-order valence-corrected chi connectivity index (χ3v) is 2.99. The van der Waals surface area contributed by atoms with Gasteiger partial charge in [0.25, 0.3) is 5.91 Å². The maximum Gasteiger partial charge on any atom is 0.341 e. The van der Waals surface area contributed by atoms with Crippen LogP contribution in [0.15, 0.2) is 12.1 Å². The standard InChI is InChI=1S/C12H12ClNO4/c1-6-11(15)14(2)9-5-7(13)4-8(10(9)18-6)12(16)17-3/h4-6H,1-3H3. The van der Waals surface area contributed by atoms with E-state index in [1.54, 1.807) is 20.0 Å². The summed E-state index contributed by atoms with van der Waals surface area (Å²) in [6.07, 6.45) is -0.646. The Balaban J connectivity index is 2.63. The molecule has 18 heavy (non-hydrogen) atoms. The number of ether oxygens (including phenoxy) is 2. The van der Waals surface area contributed by atoms with Crippen LogP contribution >= 0.6 is 11.6 Å². The zero-order valence-electron chi connectivity index (χ0n) is 10.2. The van der Waals surface area contributed by atoms with E-state index in [4.69, 9.17) is 16.3 Å². The Kier molecular flexibility index (Phi) is 3.17. The molecule has 6 heteroatoms. The van der Waals surface area contributed by atoms with Crippen molar-refractivity contribution in [3.63, 3.8) is 0 Å². The third-order valence-electron chi connectivity index (χ3n) is 2.77. The van der Waals surface area contributed by atoms with Crippen molar-refractivity contribution in [2.24, 2.45) is 0 Å². The molecule has 0 saturated heterocycles. The molecule has 5 nitrogen and oxygen atoms in total. The van der Waals surface area contributed by atoms with E-state index < -0.39 is 12.1 Å². The molecule has 96 valence electrons. The summed E-state index contributed by atoms with van der Waals surface area (Å²) in [5.41, 5.74) is 0.678. The van der Waals surface area contributed by atoms with Crippen molar-refractivity contribution in [1.29, 1.82) is 0 Å². The van der Waals surface area contributed by atoms with Crippen LogP contribution in [-0.4, -0.2) is 32.1 Å². The minimum atomic E-state index is -0.646. The number of carbonyl (C=O) groups is 2. The number of amides is 1. The number of fused-ring (bicyclic) bond motifs is 1. The van der Waals surface area contributed by atoms with E-state index in [2.05, 4.69) is 4.74 Å². The van der Waals surface area contributed by atoms with Crippen molar-refractivity contribution >= 4 is 29.2 Å². The minimum Gasteiger partial charge on any atom is -0.478 e. The first-order valence-corrected chi connectivity index (χ1v) is 5.69. The molecule has 1 aromatic rings. The SMILES string of the molecule is COC(=O)c1cc(Cl)cc2c1OC(C)C(=O)N2C. The average molecular weight is 270 g/mol. The highest BCUT2D eigenvalue weighted by Crippen LogP contribution is 2.39. The maximum absolute atomic E-state index is 11.8. The van der Waals surface area contributed by atoms with Gasteiger partial charge < -0.3 is 14.4 Å². The fourth-order valence-electron chi connectivity index (χ4n) is 1.83. The Hall–Kier alpha value is -1.75. The molecule has 0 N–H and O–H groups in total. The molecule has 1 atom stereocenters. The van der Waals surface area contributed by atoms with Gasteiger partial charge in [-0.05, 0) is 19.1 Å².